The topological polar surface area (TPSA) is 125 Å². The average Bonchev–Trinajstić information content (AvgIpc) is 3.72. The molecule has 4 aliphatic heterocycles. The number of carbonyl (C=O) groups is 2. The Morgan fingerprint density at radius 2 is 1.44 bits per heavy atom. The number of hydrogen-bond donors (Lipinski definition) is 2. The molecule has 3 aliphatic carbocycles. The van der Waals surface area contributed by atoms with E-state index in [4.69, 9.17) is 24.1 Å². The zero-order valence-electron chi connectivity index (χ0n) is 23.8. The Balaban J connectivity index is 0.000000190. The van der Waals surface area contributed by atoms with E-state index in [2.05, 4.69) is 13.8 Å². The average molecular weight is 549 g/mol. The van der Waals surface area contributed by atoms with Crippen LogP contribution in [0, 0.1) is 23.2 Å². The standard InChI is InChI=1S/C21H32O6.C10H16O2/c22-19(23)3-1-2-8-21(20(24)25,11-13-4-6-15-17(9-13)26-15)12-14-5-7-16-18(10-14)27-16;1-9-4-3-7(5-8(9)12-9)10(2)6-11-10/h13-18H,1-12H2,(H,22,23)(H,24,25);7-8H,3-6H2,1-2H3. The summed E-state index contributed by atoms with van der Waals surface area (Å²) in [4.78, 5) is 23.3. The Morgan fingerprint density at radius 1 is 0.821 bits per heavy atom. The SMILES string of the molecule is CC1(C2CCC3(C)OC3C2)CO1.O=C(O)CCCCC(CC1CCC2OC2C1)(CC1CCC2OC2C1)C(=O)O. The molecule has 0 bridgehead atoms. The molecule has 3 saturated carbocycles. The van der Waals surface area contributed by atoms with Crippen molar-refractivity contribution in [1.82, 2.24) is 0 Å². The molecule has 220 valence electrons. The molecule has 10 atom stereocenters. The number of rotatable bonds is 11. The van der Waals surface area contributed by atoms with Crippen molar-refractivity contribution in [3.8, 4) is 0 Å². The molecule has 39 heavy (non-hydrogen) atoms. The summed E-state index contributed by atoms with van der Waals surface area (Å²) in [5.41, 5.74) is -0.230. The number of carboxylic acids is 2. The van der Waals surface area contributed by atoms with E-state index in [1.165, 1.54) is 19.3 Å². The van der Waals surface area contributed by atoms with Gasteiger partial charge in [-0.1, -0.05) is 6.42 Å². The van der Waals surface area contributed by atoms with E-state index in [0.717, 1.165) is 51.0 Å². The Labute approximate surface area is 232 Å². The highest BCUT2D eigenvalue weighted by atomic mass is 16.6. The highest BCUT2D eigenvalue weighted by Gasteiger charge is 2.60. The summed E-state index contributed by atoms with van der Waals surface area (Å²) in [5, 5.41) is 19.2. The first-order valence-corrected chi connectivity index (χ1v) is 15.7. The van der Waals surface area contributed by atoms with E-state index in [1.54, 1.807) is 0 Å². The van der Waals surface area contributed by atoms with Gasteiger partial charge >= 0.3 is 11.9 Å². The van der Waals surface area contributed by atoms with Crippen LogP contribution in [0.2, 0.25) is 0 Å². The molecular formula is C31H48O8. The lowest BCUT2D eigenvalue weighted by atomic mass is 9.66. The van der Waals surface area contributed by atoms with Gasteiger partial charge < -0.3 is 29.2 Å². The summed E-state index contributed by atoms with van der Waals surface area (Å²) < 4.78 is 22.4. The summed E-state index contributed by atoms with van der Waals surface area (Å²) in [6.07, 6.45) is 15.5. The van der Waals surface area contributed by atoms with Crippen LogP contribution in [-0.2, 0) is 28.5 Å². The first-order chi connectivity index (χ1) is 18.6. The molecule has 8 nitrogen and oxygen atoms in total. The predicted octanol–water partition coefficient (Wildman–Crippen LogP) is 5.35. The van der Waals surface area contributed by atoms with Gasteiger partial charge in [-0.2, -0.15) is 0 Å². The molecule has 4 heterocycles. The lowest BCUT2D eigenvalue weighted by Crippen LogP contribution is -2.37. The van der Waals surface area contributed by atoms with Gasteiger partial charge in [0.15, 0.2) is 0 Å². The van der Waals surface area contributed by atoms with Crippen LogP contribution in [0.1, 0.15) is 110 Å². The number of aliphatic carboxylic acids is 2. The van der Waals surface area contributed by atoms with Crippen molar-refractivity contribution in [2.75, 3.05) is 6.61 Å². The fraction of sp³-hybridized carbons (Fsp3) is 0.935. The van der Waals surface area contributed by atoms with Crippen LogP contribution in [0.4, 0.5) is 0 Å². The van der Waals surface area contributed by atoms with Crippen molar-refractivity contribution < 1.29 is 38.7 Å². The number of fused-ring (bicyclic) bond motifs is 3. The number of ether oxygens (including phenoxy) is 4. The molecule has 10 unspecified atom stereocenters. The van der Waals surface area contributed by atoms with Gasteiger partial charge in [0, 0.05) is 6.42 Å². The third kappa shape index (κ3) is 6.49. The minimum Gasteiger partial charge on any atom is -0.481 e. The second-order valence-electron chi connectivity index (χ2n) is 14.4. The molecule has 0 aromatic rings. The van der Waals surface area contributed by atoms with Crippen LogP contribution in [0.5, 0.6) is 0 Å². The molecule has 7 fully saturated rings. The van der Waals surface area contributed by atoms with E-state index in [-0.39, 0.29) is 17.6 Å². The summed E-state index contributed by atoms with van der Waals surface area (Å²) in [7, 11) is 0. The molecule has 0 aromatic heterocycles. The van der Waals surface area contributed by atoms with Crippen LogP contribution >= 0.6 is 0 Å². The fourth-order valence-corrected chi connectivity index (χ4v) is 8.31. The van der Waals surface area contributed by atoms with Crippen LogP contribution in [0.25, 0.3) is 0 Å². The van der Waals surface area contributed by atoms with Gasteiger partial charge in [0.1, 0.15) is 0 Å². The van der Waals surface area contributed by atoms with E-state index in [0.29, 0.717) is 74.5 Å². The number of hydrogen-bond acceptors (Lipinski definition) is 6. The summed E-state index contributed by atoms with van der Waals surface area (Å²) in [5.74, 6) is 0.105. The molecule has 0 amide bonds. The zero-order chi connectivity index (χ0) is 27.4. The molecule has 7 rings (SSSR count). The fourth-order valence-electron chi connectivity index (χ4n) is 8.31. The van der Waals surface area contributed by atoms with Crippen LogP contribution in [-0.4, -0.2) is 70.5 Å². The third-order valence-electron chi connectivity index (χ3n) is 11.3. The lowest BCUT2D eigenvalue weighted by molar-refractivity contribution is -0.152. The summed E-state index contributed by atoms with van der Waals surface area (Å²) in [6.45, 7) is 5.45. The van der Waals surface area contributed by atoms with Crippen LogP contribution in [0.15, 0.2) is 0 Å². The molecule has 2 N–H and O–H groups in total. The van der Waals surface area contributed by atoms with Gasteiger partial charge in [-0.05, 0) is 115 Å². The molecule has 4 saturated heterocycles. The van der Waals surface area contributed by atoms with E-state index in [1.807, 2.05) is 0 Å². The van der Waals surface area contributed by atoms with Crippen molar-refractivity contribution >= 4 is 11.9 Å². The monoisotopic (exact) mass is 548 g/mol. The molecule has 0 radical (unpaired) electrons. The maximum atomic E-state index is 12.5. The van der Waals surface area contributed by atoms with Gasteiger partial charge in [0.05, 0.1) is 53.7 Å². The highest BCUT2D eigenvalue weighted by Crippen LogP contribution is 2.54. The van der Waals surface area contributed by atoms with Crippen molar-refractivity contribution in [1.29, 1.82) is 0 Å². The second kappa shape index (κ2) is 10.6. The third-order valence-corrected chi connectivity index (χ3v) is 11.3. The lowest BCUT2D eigenvalue weighted by Gasteiger charge is -2.37. The van der Waals surface area contributed by atoms with Gasteiger partial charge in [0.2, 0.25) is 0 Å². The van der Waals surface area contributed by atoms with Gasteiger partial charge in [-0.25, -0.2) is 0 Å². The van der Waals surface area contributed by atoms with Gasteiger partial charge in [-0.15, -0.1) is 0 Å². The normalized spacial score (nSPS) is 46.2. The minimum atomic E-state index is -0.802. The van der Waals surface area contributed by atoms with Crippen molar-refractivity contribution in [3.05, 3.63) is 0 Å². The van der Waals surface area contributed by atoms with Gasteiger partial charge in [0.25, 0.3) is 0 Å². The number of epoxide rings is 4. The maximum Gasteiger partial charge on any atom is 0.309 e. The van der Waals surface area contributed by atoms with Crippen LogP contribution in [0.3, 0.4) is 0 Å². The van der Waals surface area contributed by atoms with E-state index in [9.17, 15) is 14.7 Å². The second-order valence-corrected chi connectivity index (χ2v) is 14.4. The minimum absolute atomic E-state index is 0.123. The predicted molar refractivity (Wildman–Crippen MR) is 142 cm³/mol. The Kier molecular flexibility index (Phi) is 7.56. The van der Waals surface area contributed by atoms with Gasteiger partial charge in [-0.3, -0.25) is 9.59 Å². The Hall–Kier alpha value is -1.22. The van der Waals surface area contributed by atoms with Crippen molar-refractivity contribution in [2.24, 2.45) is 23.2 Å². The molecule has 0 spiro atoms. The Morgan fingerprint density at radius 3 is 1.92 bits per heavy atom. The summed E-state index contributed by atoms with van der Waals surface area (Å²) >= 11 is 0. The Bertz CT molecular complexity index is 902. The molecular weight excluding hydrogens is 500 g/mol. The molecule has 7 aliphatic rings. The van der Waals surface area contributed by atoms with E-state index >= 15 is 0 Å². The van der Waals surface area contributed by atoms with E-state index < -0.39 is 17.4 Å². The summed E-state index contributed by atoms with van der Waals surface area (Å²) in [6, 6.07) is 0. The number of unbranched alkanes of at least 4 members (excludes halogenated alkanes) is 1. The molecule has 8 heteroatoms. The first kappa shape index (κ1) is 27.9. The maximum absolute atomic E-state index is 12.5. The zero-order valence-corrected chi connectivity index (χ0v) is 23.8. The molecule has 0 aromatic carbocycles. The van der Waals surface area contributed by atoms with Crippen LogP contribution < -0.4 is 0 Å². The van der Waals surface area contributed by atoms with Crippen molar-refractivity contribution in [2.45, 2.75) is 152 Å². The highest BCUT2D eigenvalue weighted by molar-refractivity contribution is 5.74. The first-order valence-electron chi connectivity index (χ1n) is 15.7. The van der Waals surface area contributed by atoms with Crippen molar-refractivity contribution in [3.63, 3.8) is 0 Å². The largest absolute Gasteiger partial charge is 0.481 e. The quantitative estimate of drug-likeness (QED) is 0.261. The number of carboxylic acid groups (broad SMARTS) is 2. The smallest absolute Gasteiger partial charge is 0.309 e.